The molecular weight excluding hydrogens is 262 g/mol. The molecule has 0 aliphatic heterocycles. The Bertz CT molecular complexity index is 589. The van der Waals surface area contributed by atoms with Crippen molar-refractivity contribution < 1.29 is 4.74 Å². The zero-order chi connectivity index (χ0) is 14.7. The average molecular weight is 285 g/mol. The summed E-state index contributed by atoms with van der Waals surface area (Å²) in [6.07, 6.45) is 7.71. The van der Waals surface area contributed by atoms with Crippen molar-refractivity contribution in [2.45, 2.75) is 51.8 Å². The topological polar surface area (TPSA) is 39.1 Å². The fourth-order valence-corrected chi connectivity index (χ4v) is 2.34. The number of hydrogen-bond donors (Lipinski definition) is 1. The highest BCUT2D eigenvalue weighted by Crippen LogP contribution is 2.35. The molecule has 1 atom stereocenters. The summed E-state index contributed by atoms with van der Waals surface area (Å²) >= 11 is 0. The van der Waals surface area contributed by atoms with Crippen molar-refractivity contribution >= 4 is 5.69 Å². The van der Waals surface area contributed by atoms with Gasteiger partial charge in [0.1, 0.15) is 5.75 Å². The van der Waals surface area contributed by atoms with Gasteiger partial charge in [0, 0.05) is 24.0 Å². The van der Waals surface area contributed by atoms with Crippen LogP contribution in [0.15, 0.2) is 36.8 Å². The van der Waals surface area contributed by atoms with Crippen molar-refractivity contribution in [2.75, 3.05) is 5.32 Å². The summed E-state index contributed by atoms with van der Waals surface area (Å²) in [5.74, 6) is 0.921. The lowest BCUT2D eigenvalue weighted by Gasteiger charge is -2.14. The van der Waals surface area contributed by atoms with Crippen LogP contribution >= 0.6 is 0 Å². The lowest BCUT2D eigenvalue weighted by molar-refractivity contribution is 0.217. The SMILES string of the molecule is CCC(C)Oc1cccc(NCc2cncn2C2CC2)c1. The summed E-state index contributed by atoms with van der Waals surface area (Å²) in [6.45, 7) is 5.02. The second-order valence-electron chi connectivity index (χ2n) is 5.74. The quantitative estimate of drug-likeness (QED) is 0.835. The fraction of sp³-hybridized carbons (Fsp3) is 0.471. The van der Waals surface area contributed by atoms with E-state index in [1.165, 1.54) is 18.5 Å². The molecule has 1 aliphatic rings. The van der Waals surface area contributed by atoms with Gasteiger partial charge >= 0.3 is 0 Å². The Labute approximate surface area is 126 Å². The van der Waals surface area contributed by atoms with E-state index in [0.717, 1.165) is 24.4 Å². The molecule has 0 radical (unpaired) electrons. The van der Waals surface area contributed by atoms with Gasteiger partial charge in [-0.15, -0.1) is 0 Å². The van der Waals surface area contributed by atoms with Crippen molar-refractivity contribution in [3.05, 3.63) is 42.5 Å². The number of ether oxygens (including phenoxy) is 1. The van der Waals surface area contributed by atoms with Crippen LogP contribution in [-0.4, -0.2) is 15.7 Å². The Kier molecular flexibility index (Phi) is 4.13. The van der Waals surface area contributed by atoms with Gasteiger partial charge in [-0.3, -0.25) is 0 Å². The van der Waals surface area contributed by atoms with Gasteiger partial charge < -0.3 is 14.6 Å². The molecule has 0 bridgehead atoms. The van der Waals surface area contributed by atoms with E-state index in [0.29, 0.717) is 6.04 Å². The van der Waals surface area contributed by atoms with Gasteiger partial charge in [0.2, 0.25) is 0 Å². The largest absolute Gasteiger partial charge is 0.491 e. The van der Waals surface area contributed by atoms with Crippen molar-refractivity contribution in [2.24, 2.45) is 0 Å². The number of hydrogen-bond acceptors (Lipinski definition) is 3. The van der Waals surface area contributed by atoms with E-state index in [1.807, 2.05) is 24.7 Å². The highest BCUT2D eigenvalue weighted by molar-refractivity contribution is 5.48. The molecule has 1 fully saturated rings. The van der Waals surface area contributed by atoms with Crippen LogP contribution < -0.4 is 10.1 Å². The summed E-state index contributed by atoms with van der Waals surface area (Å²) in [7, 11) is 0. The maximum Gasteiger partial charge on any atom is 0.121 e. The normalized spacial score (nSPS) is 15.7. The second-order valence-corrected chi connectivity index (χ2v) is 5.74. The van der Waals surface area contributed by atoms with E-state index in [1.54, 1.807) is 0 Å². The minimum Gasteiger partial charge on any atom is -0.491 e. The van der Waals surface area contributed by atoms with Crippen LogP contribution in [-0.2, 0) is 6.54 Å². The first kappa shape index (κ1) is 14.0. The number of rotatable bonds is 7. The molecule has 2 aromatic rings. The van der Waals surface area contributed by atoms with Crippen LogP contribution in [0.5, 0.6) is 5.75 Å². The number of aromatic nitrogens is 2. The molecule has 0 spiro atoms. The molecule has 1 heterocycles. The second kappa shape index (κ2) is 6.20. The summed E-state index contributed by atoms with van der Waals surface area (Å²) in [4.78, 5) is 4.26. The molecule has 4 heteroatoms. The van der Waals surface area contributed by atoms with Gasteiger partial charge in [-0.05, 0) is 38.3 Å². The first-order chi connectivity index (χ1) is 10.3. The van der Waals surface area contributed by atoms with Crippen molar-refractivity contribution in [3.63, 3.8) is 0 Å². The molecule has 1 aromatic heterocycles. The molecule has 1 aromatic carbocycles. The number of anilines is 1. The molecule has 4 nitrogen and oxygen atoms in total. The monoisotopic (exact) mass is 285 g/mol. The maximum absolute atomic E-state index is 5.86. The van der Waals surface area contributed by atoms with Crippen LogP contribution in [0, 0.1) is 0 Å². The molecule has 3 rings (SSSR count). The summed E-state index contributed by atoms with van der Waals surface area (Å²) in [5.41, 5.74) is 2.32. The van der Waals surface area contributed by atoms with Gasteiger partial charge in [0.15, 0.2) is 0 Å². The molecule has 21 heavy (non-hydrogen) atoms. The van der Waals surface area contributed by atoms with Gasteiger partial charge in [0.25, 0.3) is 0 Å². The number of nitrogens with one attached hydrogen (secondary N) is 1. The molecule has 0 saturated heterocycles. The fourth-order valence-electron chi connectivity index (χ4n) is 2.34. The predicted octanol–water partition coefficient (Wildman–Crippen LogP) is 4.01. The van der Waals surface area contributed by atoms with Gasteiger partial charge in [0.05, 0.1) is 24.7 Å². The van der Waals surface area contributed by atoms with E-state index in [-0.39, 0.29) is 6.10 Å². The van der Waals surface area contributed by atoms with Gasteiger partial charge in [-0.2, -0.15) is 0 Å². The Morgan fingerprint density at radius 2 is 2.29 bits per heavy atom. The first-order valence-electron chi connectivity index (χ1n) is 7.77. The minimum absolute atomic E-state index is 0.247. The Morgan fingerprint density at radius 1 is 1.43 bits per heavy atom. The number of imidazole rings is 1. The Balaban J connectivity index is 1.62. The number of nitrogens with zero attached hydrogens (tertiary/aromatic N) is 2. The first-order valence-corrected chi connectivity index (χ1v) is 7.77. The van der Waals surface area contributed by atoms with Crippen molar-refractivity contribution in [3.8, 4) is 5.75 Å². The lowest BCUT2D eigenvalue weighted by Crippen LogP contribution is -2.10. The molecule has 1 N–H and O–H groups in total. The third-order valence-corrected chi connectivity index (χ3v) is 3.91. The van der Waals surface area contributed by atoms with E-state index < -0.39 is 0 Å². The number of benzene rings is 1. The molecule has 112 valence electrons. The van der Waals surface area contributed by atoms with Gasteiger partial charge in [-0.25, -0.2) is 4.98 Å². The summed E-state index contributed by atoms with van der Waals surface area (Å²) in [6, 6.07) is 8.83. The highest BCUT2D eigenvalue weighted by Gasteiger charge is 2.24. The van der Waals surface area contributed by atoms with E-state index in [4.69, 9.17) is 4.74 Å². The summed E-state index contributed by atoms with van der Waals surface area (Å²) < 4.78 is 8.14. The zero-order valence-corrected chi connectivity index (χ0v) is 12.7. The average Bonchev–Trinajstić information content (AvgIpc) is 3.24. The summed E-state index contributed by atoms with van der Waals surface area (Å²) in [5, 5.41) is 3.46. The van der Waals surface area contributed by atoms with Crippen molar-refractivity contribution in [1.82, 2.24) is 9.55 Å². The minimum atomic E-state index is 0.247. The van der Waals surface area contributed by atoms with Crippen LogP contribution in [0.25, 0.3) is 0 Å². The molecule has 1 saturated carbocycles. The maximum atomic E-state index is 5.86. The lowest BCUT2D eigenvalue weighted by atomic mass is 10.2. The van der Waals surface area contributed by atoms with E-state index in [9.17, 15) is 0 Å². The van der Waals surface area contributed by atoms with Crippen LogP contribution in [0.3, 0.4) is 0 Å². The van der Waals surface area contributed by atoms with E-state index in [2.05, 4.69) is 40.8 Å². The third kappa shape index (κ3) is 3.57. The smallest absolute Gasteiger partial charge is 0.121 e. The van der Waals surface area contributed by atoms with Crippen molar-refractivity contribution in [1.29, 1.82) is 0 Å². The van der Waals surface area contributed by atoms with Crippen LogP contribution in [0.4, 0.5) is 5.69 Å². The van der Waals surface area contributed by atoms with Crippen LogP contribution in [0.1, 0.15) is 44.8 Å². The molecule has 1 unspecified atom stereocenters. The third-order valence-electron chi connectivity index (χ3n) is 3.91. The van der Waals surface area contributed by atoms with Gasteiger partial charge in [-0.1, -0.05) is 13.0 Å². The predicted molar refractivity (Wildman–Crippen MR) is 84.6 cm³/mol. The van der Waals surface area contributed by atoms with E-state index >= 15 is 0 Å². The highest BCUT2D eigenvalue weighted by atomic mass is 16.5. The van der Waals surface area contributed by atoms with Crippen LogP contribution in [0.2, 0.25) is 0 Å². The zero-order valence-electron chi connectivity index (χ0n) is 12.7. The Morgan fingerprint density at radius 3 is 3.05 bits per heavy atom. The molecular formula is C17H23N3O. The standard InChI is InChI=1S/C17H23N3O/c1-3-13(2)21-17-6-4-5-14(9-17)19-11-16-10-18-12-20(16)15-7-8-15/h4-6,9-10,12-13,15,19H,3,7-8,11H2,1-2H3. The molecule has 0 amide bonds. The molecule has 1 aliphatic carbocycles. The Hall–Kier alpha value is -1.97.